The number of anilines is 2. The average Bonchev–Trinajstić information content (AvgIpc) is 2.83. The maximum atomic E-state index is 13.2. The largest absolute Gasteiger partial charge is 0.444 e. The number of alkyl carbamates (subject to hydrolysis) is 1. The molecule has 0 radical (unpaired) electrons. The molecular weight excluding hydrogens is 481 g/mol. The minimum absolute atomic E-state index is 0.0478. The molecule has 0 aliphatic carbocycles. The fourth-order valence-electron chi connectivity index (χ4n) is 3.75. The van der Waals surface area contributed by atoms with Crippen LogP contribution in [0, 0.1) is 0 Å². The highest BCUT2D eigenvalue weighted by molar-refractivity contribution is 5.95. The molecule has 4 aromatic rings. The van der Waals surface area contributed by atoms with Crippen molar-refractivity contribution in [1.82, 2.24) is 15.3 Å². The van der Waals surface area contributed by atoms with Crippen LogP contribution in [-0.4, -0.2) is 28.2 Å². The van der Waals surface area contributed by atoms with Gasteiger partial charge in [0.15, 0.2) is 0 Å². The number of amides is 1. The van der Waals surface area contributed by atoms with Gasteiger partial charge >= 0.3 is 12.3 Å². The van der Waals surface area contributed by atoms with Crippen LogP contribution >= 0.6 is 0 Å². The number of nitrogens with one attached hydrogen (secondary N) is 2. The zero-order valence-electron chi connectivity index (χ0n) is 20.7. The summed E-state index contributed by atoms with van der Waals surface area (Å²) >= 11 is 0. The van der Waals surface area contributed by atoms with Crippen molar-refractivity contribution in [2.24, 2.45) is 0 Å². The number of pyridine rings is 2. The molecule has 0 bridgehead atoms. The number of alkyl halides is 3. The van der Waals surface area contributed by atoms with E-state index in [9.17, 15) is 18.0 Å². The SMILES string of the molecule is CC(C)(C)OC(=O)NCCc1cccc(-c2cc3ccccc3c(Nc3cc(C(F)(F)F)ccn3)n2)c1. The molecule has 2 aromatic heterocycles. The summed E-state index contributed by atoms with van der Waals surface area (Å²) in [5.74, 6) is 0.448. The van der Waals surface area contributed by atoms with Crippen molar-refractivity contribution >= 4 is 28.5 Å². The summed E-state index contributed by atoms with van der Waals surface area (Å²) in [6.07, 6.45) is -3.25. The van der Waals surface area contributed by atoms with Crippen LogP contribution < -0.4 is 10.6 Å². The van der Waals surface area contributed by atoms with Gasteiger partial charge < -0.3 is 15.4 Å². The molecule has 37 heavy (non-hydrogen) atoms. The maximum Gasteiger partial charge on any atom is 0.416 e. The van der Waals surface area contributed by atoms with Crippen LogP contribution in [0.25, 0.3) is 22.0 Å². The fraction of sp³-hybridized carbons (Fsp3) is 0.250. The number of hydrogen-bond donors (Lipinski definition) is 2. The molecule has 2 heterocycles. The normalized spacial score (nSPS) is 11.8. The first-order valence-corrected chi connectivity index (χ1v) is 11.7. The lowest BCUT2D eigenvalue weighted by Gasteiger charge is -2.19. The molecule has 0 aliphatic heterocycles. The summed E-state index contributed by atoms with van der Waals surface area (Å²) in [7, 11) is 0. The molecule has 0 saturated heterocycles. The molecule has 192 valence electrons. The molecule has 2 aromatic carbocycles. The molecule has 1 amide bonds. The molecule has 6 nitrogen and oxygen atoms in total. The Morgan fingerprint density at radius 3 is 2.51 bits per heavy atom. The number of nitrogens with zero attached hydrogens (tertiary/aromatic N) is 2. The van der Waals surface area contributed by atoms with Crippen molar-refractivity contribution in [2.75, 3.05) is 11.9 Å². The van der Waals surface area contributed by atoms with Crippen molar-refractivity contribution in [2.45, 2.75) is 39.0 Å². The van der Waals surface area contributed by atoms with Gasteiger partial charge in [0.2, 0.25) is 0 Å². The third-order valence-electron chi connectivity index (χ3n) is 5.38. The van der Waals surface area contributed by atoms with Crippen molar-refractivity contribution in [3.63, 3.8) is 0 Å². The third-order valence-corrected chi connectivity index (χ3v) is 5.38. The molecule has 0 atom stereocenters. The number of fused-ring (bicyclic) bond motifs is 1. The van der Waals surface area contributed by atoms with Crippen molar-refractivity contribution in [3.8, 4) is 11.3 Å². The Morgan fingerprint density at radius 2 is 1.76 bits per heavy atom. The van der Waals surface area contributed by atoms with Gasteiger partial charge in [-0.25, -0.2) is 14.8 Å². The second kappa shape index (κ2) is 10.5. The highest BCUT2D eigenvalue weighted by Crippen LogP contribution is 2.33. The molecule has 0 spiro atoms. The lowest BCUT2D eigenvalue weighted by Crippen LogP contribution is -2.33. The zero-order chi connectivity index (χ0) is 26.6. The van der Waals surface area contributed by atoms with Gasteiger partial charge in [-0.2, -0.15) is 13.2 Å². The Balaban J connectivity index is 1.59. The number of carbonyl (C=O) groups is 1. The molecule has 2 N–H and O–H groups in total. The zero-order valence-corrected chi connectivity index (χ0v) is 20.7. The molecule has 0 unspecified atom stereocenters. The Bertz CT molecular complexity index is 1410. The second-order valence-electron chi connectivity index (χ2n) is 9.51. The lowest BCUT2D eigenvalue weighted by atomic mass is 10.0. The van der Waals surface area contributed by atoms with E-state index >= 15 is 0 Å². The average molecular weight is 509 g/mol. The number of ether oxygens (including phenoxy) is 1. The Hall–Kier alpha value is -4.14. The van der Waals surface area contributed by atoms with Gasteiger partial charge in [-0.15, -0.1) is 0 Å². The Kier molecular flexibility index (Phi) is 7.33. The maximum absolute atomic E-state index is 13.2. The smallest absolute Gasteiger partial charge is 0.416 e. The monoisotopic (exact) mass is 508 g/mol. The van der Waals surface area contributed by atoms with Gasteiger partial charge in [0.05, 0.1) is 11.3 Å². The first-order valence-electron chi connectivity index (χ1n) is 11.7. The highest BCUT2D eigenvalue weighted by atomic mass is 19.4. The van der Waals surface area contributed by atoms with E-state index in [4.69, 9.17) is 9.72 Å². The van der Waals surface area contributed by atoms with E-state index in [0.29, 0.717) is 24.5 Å². The molecule has 4 rings (SSSR count). The van der Waals surface area contributed by atoms with Crippen LogP contribution in [0.15, 0.2) is 72.9 Å². The predicted molar refractivity (Wildman–Crippen MR) is 138 cm³/mol. The van der Waals surface area contributed by atoms with E-state index in [-0.39, 0.29) is 5.82 Å². The number of aromatic nitrogens is 2. The van der Waals surface area contributed by atoms with Gasteiger partial charge in [0.25, 0.3) is 0 Å². The number of rotatable bonds is 6. The van der Waals surface area contributed by atoms with Crippen LogP contribution in [0.3, 0.4) is 0 Å². The van der Waals surface area contributed by atoms with Crippen molar-refractivity contribution in [3.05, 3.63) is 84.1 Å². The standard InChI is InChI=1S/C28H27F3N4O2/c1-27(2,3)37-26(36)33-13-11-18-7-6-9-20(15-18)23-16-19-8-4-5-10-22(19)25(34-23)35-24-17-21(12-14-32-24)28(29,30)31/h4-10,12,14-17H,11,13H2,1-3H3,(H,33,36)(H,32,34,35). The van der Waals surface area contributed by atoms with Crippen molar-refractivity contribution in [1.29, 1.82) is 0 Å². The Labute approximate surface area is 212 Å². The molecule has 0 saturated carbocycles. The van der Waals surface area contributed by atoms with Crippen LogP contribution in [0.1, 0.15) is 31.9 Å². The summed E-state index contributed by atoms with van der Waals surface area (Å²) in [5, 5.41) is 7.34. The van der Waals surface area contributed by atoms with E-state index in [1.807, 2.05) is 54.6 Å². The summed E-state index contributed by atoms with van der Waals surface area (Å²) in [6, 6.07) is 19.0. The molecule has 0 fully saturated rings. The van der Waals surface area contributed by atoms with E-state index in [2.05, 4.69) is 15.6 Å². The van der Waals surface area contributed by atoms with Crippen LogP contribution in [0.4, 0.5) is 29.6 Å². The van der Waals surface area contributed by atoms with Gasteiger partial charge in [-0.1, -0.05) is 42.5 Å². The third kappa shape index (κ3) is 6.97. The predicted octanol–water partition coefficient (Wildman–Crippen LogP) is 7.13. The second-order valence-corrected chi connectivity index (χ2v) is 9.51. The molecule has 9 heteroatoms. The number of benzene rings is 2. The molecular formula is C28H27F3N4O2. The first kappa shape index (κ1) is 25.9. The van der Waals surface area contributed by atoms with Gasteiger partial charge in [-0.3, -0.25) is 0 Å². The number of halogens is 3. The van der Waals surface area contributed by atoms with E-state index in [1.54, 1.807) is 20.8 Å². The van der Waals surface area contributed by atoms with E-state index < -0.39 is 23.4 Å². The summed E-state index contributed by atoms with van der Waals surface area (Å²) < 4.78 is 44.8. The Morgan fingerprint density at radius 1 is 0.973 bits per heavy atom. The number of hydrogen-bond acceptors (Lipinski definition) is 5. The van der Waals surface area contributed by atoms with E-state index in [0.717, 1.165) is 40.2 Å². The van der Waals surface area contributed by atoms with Gasteiger partial charge in [0.1, 0.15) is 17.2 Å². The quantitative estimate of drug-likeness (QED) is 0.290. The van der Waals surface area contributed by atoms with Gasteiger partial charge in [0, 0.05) is 23.7 Å². The van der Waals surface area contributed by atoms with Crippen LogP contribution in [-0.2, 0) is 17.3 Å². The summed E-state index contributed by atoms with van der Waals surface area (Å²) in [4.78, 5) is 20.7. The number of carbonyl (C=O) groups excluding carboxylic acids is 1. The molecule has 0 aliphatic rings. The lowest BCUT2D eigenvalue weighted by molar-refractivity contribution is -0.137. The highest BCUT2D eigenvalue weighted by Gasteiger charge is 2.30. The first-order chi connectivity index (χ1) is 17.5. The minimum Gasteiger partial charge on any atom is -0.444 e. The fourth-order valence-corrected chi connectivity index (χ4v) is 3.75. The minimum atomic E-state index is -4.48. The topological polar surface area (TPSA) is 76.1 Å². The van der Waals surface area contributed by atoms with Crippen LogP contribution in [0.5, 0.6) is 0 Å². The van der Waals surface area contributed by atoms with Gasteiger partial charge in [-0.05, 0) is 62.4 Å². The van der Waals surface area contributed by atoms with Crippen molar-refractivity contribution < 1.29 is 22.7 Å². The summed E-state index contributed by atoms with van der Waals surface area (Å²) in [6.45, 7) is 5.81. The van der Waals surface area contributed by atoms with Crippen LogP contribution in [0.2, 0.25) is 0 Å². The van der Waals surface area contributed by atoms with E-state index in [1.165, 1.54) is 0 Å². The summed E-state index contributed by atoms with van der Waals surface area (Å²) in [5.41, 5.74) is 1.10.